The van der Waals surface area contributed by atoms with Crippen LogP contribution < -0.4 is 5.32 Å². The minimum absolute atomic E-state index is 0.0384. The van der Waals surface area contributed by atoms with Gasteiger partial charge in [-0.3, -0.25) is 9.69 Å². The molecule has 28 heavy (non-hydrogen) atoms. The molecule has 0 radical (unpaired) electrons. The Morgan fingerprint density at radius 3 is 2.21 bits per heavy atom. The van der Waals surface area contributed by atoms with Gasteiger partial charge in [0.15, 0.2) is 9.84 Å². The Labute approximate surface area is 167 Å². The molecule has 3 rings (SSSR count). The molecule has 1 saturated heterocycles. The summed E-state index contributed by atoms with van der Waals surface area (Å²) in [5.74, 6) is -0.437. The summed E-state index contributed by atoms with van der Waals surface area (Å²) >= 11 is 0. The van der Waals surface area contributed by atoms with Crippen LogP contribution in [0.2, 0.25) is 0 Å². The molecule has 0 saturated carbocycles. The summed E-state index contributed by atoms with van der Waals surface area (Å²) in [6.45, 7) is 5.63. The summed E-state index contributed by atoms with van der Waals surface area (Å²) in [7, 11) is -3.44. The summed E-state index contributed by atoms with van der Waals surface area (Å²) < 4.78 is 24.6. The van der Waals surface area contributed by atoms with Crippen LogP contribution in [0.5, 0.6) is 0 Å². The smallest absolute Gasteiger partial charge is 0.221 e. The molecule has 0 spiro atoms. The summed E-state index contributed by atoms with van der Waals surface area (Å²) in [4.78, 5) is 14.8. The van der Waals surface area contributed by atoms with Crippen LogP contribution >= 0.6 is 0 Å². The van der Waals surface area contributed by atoms with Crippen LogP contribution in [0.3, 0.4) is 0 Å². The molecule has 2 aromatic carbocycles. The fraction of sp³-hybridized carbons (Fsp3) is 0.409. The number of benzene rings is 2. The lowest BCUT2D eigenvalue weighted by molar-refractivity contribution is -0.120. The molecule has 1 N–H and O–H groups in total. The molecule has 1 aliphatic rings. The SMILES string of the molecule is Cc1ccc(S(=O)(=O)CCC(=O)NCc2ccc(CN3CCCC3)cc2)cc1. The second-order valence-corrected chi connectivity index (χ2v) is 9.57. The lowest BCUT2D eigenvalue weighted by Crippen LogP contribution is -2.25. The molecule has 6 heteroatoms. The van der Waals surface area contributed by atoms with Crippen LogP contribution in [0.1, 0.15) is 36.0 Å². The number of nitrogens with one attached hydrogen (secondary N) is 1. The monoisotopic (exact) mass is 400 g/mol. The van der Waals surface area contributed by atoms with E-state index in [1.165, 1.54) is 31.5 Å². The molecule has 1 fully saturated rings. The van der Waals surface area contributed by atoms with Crippen LogP contribution in [0.15, 0.2) is 53.4 Å². The zero-order valence-corrected chi connectivity index (χ0v) is 17.2. The molecule has 0 aromatic heterocycles. The first-order valence-electron chi connectivity index (χ1n) is 9.79. The number of carbonyl (C=O) groups excluding carboxylic acids is 1. The van der Waals surface area contributed by atoms with Gasteiger partial charge in [-0.25, -0.2) is 8.42 Å². The fourth-order valence-electron chi connectivity index (χ4n) is 3.34. The van der Waals surface area contributed by atoms with Gasteiger partial charge in [-0.15, -0.1) is 0 Å². The minimum Gasteiger partial charge on any atom is -0.352 e. The van der Waals surface area contributed by atoms with E-state index in [9.17, 15) is 13.2 Å². The third-order valence-corrected chi connectivity index (χ3v) is 6.83. The van der Waals surface area contributed by atoms with Crippen molar-refractivity contribution in [3.05, 3.63) is 65.2 Å². The van der Waals surface area contributed by atoms with E-state index in [4.69, 9.17) is 0 Å². The Balaban J connectivity index is 1.44. The van der Waals surface area contributed by atoms with Crippen LogP contribution in [-0.4, -0.2) is 38.1 Å². The van der Waals surface area contributed by atoms with Crippen molar-refractivity contribution in [1.29, 1.82) is 0 Å². The van der Waals surface area contributed by atoms with Crippen LogP contribution in [0, 0.1) is 6.92 Å². The van der Waals surface area contributed by atoms with Gasteiger partial charge in [-0.05, 0) is 56.1 Å². The number of nitrogens with zero attached hydrogens (tertiary/aromatic N) is 1. The van der Waals surface area contributed by atoms with Gasteiger partial charge in [-0.2, -0.15) is 0 Å². The van der Waals surface area contributed by atoms with Crippen LogP contribution in [0.4, 0.5) is 0 Å². The van der Waals surface area contributed by atoms with E-state index >= 15 is 0 Å². The third kappa shape index (κ3) is 5.91. The van der Waals surface area contributed by atoms with E-state index in [0.29, 0.717) is 6.54 Å². The Morgan fingerprint density at radius 1 is 0.964 bits per heavy atom. The Kier molecular flexibility index (Phi) is 6.86. The maximum absolute atomic E-state index is 12.3. The predicted molar refractivity (Wildman–Crippen MR) is 111 cm³/mol. The van der Waals surface area contributed by atoms with E-state index in [2.05, 4.69) is 22.3 Å². The molecule has 2 aromatic rings. The lowest BCUT2D eigenvalue weighted by atomic mass is 10.1. The van der Waals surface area contributed by atoms with Gasteiger partial charge in [0, 0.05) is 19.5 Å². The number of carbonyl (C=O) groups is 1. The van der Waals surface area contributed by atoms with Crippen molar-refractivity contribution in [1.82, 2.24) is 10.2 Å². The van der Waals surface area contributed by atoms with Gasteiger partial charge >= 0.3 is 0 Å². The van der Waals surface area contributed by atoms with Crippen LogP contribution in [-0.2, 0) is 27.7 Å². The average molecular weight is 401 g/mol. The van der Waals surface area contributed by atoms with Crippen molar-refractivity contribution in [2.45, 2.75) is 44.2 Å². The number of sulfone groups is 1. The minimum atomic E-state index is -3.44. The van der Waals surface area contributed by atoms with Gasteiger partial charge in [0.1, 0.15) is 0 Å². The van der Waals surface area contributed by atoms with Crippen molar-refractivity contribution >= 4 is 15.7 Å². The lowest BCUT2D eigenvalue weighted by Gasteiger charge is -2.14. The van der Waals surface area contributed by atoms with E-state index in [1.54, 1.807) is 24.3 Å². The van der Waals surface area contributed by atoms with E-state index in [0.717, 1.165) is 17.7 Å². The van der Waals surface area contributed by atoms with Crippen LogP contribution in [0.25, 0.3) is 0 Å². The van der Waals surface area contributed by atoms with Crippen molar-refractivity contribution in [3.63, 3.8) is 0 Å². The summed E-state index contributed by atoms with van der Waals surface area (Å²) in [6, 6.07) is 15.0. The van der Waals surface area contributed by atoms with Gasteiger partial charge in [0.2, 0.25) is 5.91 Å². The number of hydrogen-bond acceptors (Lipinski definition) is 4. The molecule has 0 atom stereocenters. The summed E-state index contributed by atoms with van der Waals surface area (Å²) in [6.07, 6.45) is 2.52. The zero-order valence-electron chi connectivity index (χ0n) is 16.4. The van der Waals surface area contributed by atoms with Gasteiger partial charge in [-0.1, -0.05) is 42.0 Å². The van der Waals surface area contributed by atoms with E-state index < -0.39 is 9.84 Å². The molecule has 0 aliphatic carbocycles. The molecule has 150 valence electrons. The van der Waals surface area contributed by atoms with Crippen molar-refractivity contribution in [2.24, 2.45) is 0 Å². The maximum Gasteiger partial charge on any atom is 0.221 e. The van der Waals surface area contributed by atoms with Gasteiger partial charge in [0.25, 0.3) is 0 Å². The van der Waals surface area contributed by atoms with Gasteiger partial charge < -0.3 is 5.32 Å². The number of amides is 1. The Morgan fingerprint density at radius 2 is 1.57 bits per heavy atom. The number of hydrogen-bond donors (Lipinski definition) is 1. The Bertz CT molecular complexity index is 884. The topological polar surface area (TPSA) is 66.5 Å². The highest BCUT2D eigenvalue weighted by Crippen LogP contribution is 2.14. The van der Waals surface area contributed by atoms with E-state index in [1.807, 2.05) is 19.1 Å². The summed E-state index contributed by atoms with van der Waals surface area (Å²) in [5, 5.41) is 2.81. The average Bonchev–Trinajstić information content (AvgIpc) is 3.19. The second-order valence-electron chi connectivity index (χ2n) is 7.46. The predicted octanol–water partition coefficient (Wildman–Crippen LogP) is 3.07. The molecule has 1 heterocycles. The standard InChI is InChI=1S/C22H28N2O3S/c1-18-4-10-21(11-5-18)28(26,27)15-12-22(25)23-16-19-6-8-20(9-7-19)17-24-13-2-3-14-24/h4-11H,2-3,12-17H2,1H3,(H,23,25). The van der Waals surface area contributed by atoms with Crippen molar-refractivity contribution in [2.75, 3.05) is 18.8 Å². The zero-order chi connectivity index (χ0) is 20.0. The first-order chi connectivity index (χ1) is 13.4. The maximum atomic E-state index is 12.3. The molecule has 1 amide bonds. The normalized spacial score (nSPS) is 14.9. The number of likely N-dealkylation sites (tertiary alicyclic amines) is 1. The highest BCUT2D eigenvalue weighted by Gasteiger charge is 2.16. The number of aryl methyl sites for hydroxylation is 1. The molecule has 5 nitrogen and oxygen atoms in total. The summed E-state index contributed by atoms with van der Waals surface area (Å²) in [5.41, 5.74) is 3.30. The Hall–Kier alpha value is -2.18. The third-order valence-electron chi connectivity index (χ3n) is 5.10. The highest BCUT2D eigenvalue weighted by molar-refractivity contribution is 7.91. The van der Waals surface area contributed by atoms with Crippen molar-refractivity contribution in [3.8, 4) is 0 Å². The number of rotatable bonds is 8. The first kappa shape index (κ1) is 20.6. The molecular formula is C22H28N2O3S. The van der Waals surface area contributed by atoms with Gasteiger partial charge in [0.05, 0.1) is 10.6 Å². The fourth-order valence-corrected chi connectivity index (χ4v) is 4.58. The second kappa shape index (κ2) is 9.34. The molecule has 0 bridgehead atoms. The quantitative estimate of drug-likeness (QED) is 0.740. The highest BCUT2D eigenvalue weighted by atomic mass is 32.2. The molecule has 1 aliphatic heterocycles. The first-order valence-corrected chi connectivity index (χ1v) is 11.4. The van der Waals surface area contributed by atoms with E-state index in [-0.39, 0.29) is 23.0 Å². The van der Waals surface area contributed by atoms with Crippen molar-refractivity contribution < 1.29 is 13.2 Å². The molecule has 0 unspecified atom stereocenters. The molecular weight excluding hydrogens is 372 g/mol. The largest absolute Gasteiger partial charge is 0.352 e.